The van der Waals surface area contributed by atoms with E-state index in [1.54, 1.807) is 11.6 Å². The second-order valence-electron chi connectivity index (χ2n) is 7.88. The summed E-state index contributed by atoms with van der Waals surface area (Å²) in [5.74, 6) is -0.306. The fourth-order valence-corrected chi connectivity index (χ4v) is 3.84. The zero-order valence-corrected chi connectivity index (χ0v) is 18.3. The van der Waals surface area contributed by atoms with Crippen molar-refractivity contribution < 1.29 is 4.79 Å². The van der Waals surface area contributed by atoms with Crippen LogP contribution in [0, 0.1) is 27.7 Å². The highest BCUT2D eigenvalue weighted by Crippen LogP contribution is 2.22. The number of aryl methyl sites for hydroxylation is 4. The van der Waals surface area contributed by atoms with Crippen molar-refractivity contribution in [2.75, 3.05) is 5.32 Å². The second-order valence-corrected chi connectivity index (χ2v) is 7.88. The number of hydrogen-bond acceptors (Lipinski definition) is 4. The minimum absolute atomic E-state index is 0.306. The molecule has 0 aliphatic carbocycles. The number of nitrogens with one attached hydrogen (secondary N) is 1. The molecule has 31 heavy (non-hydrogen) atoms. The number of amides is 1. The van der Waals surface area contributed by atoms with Crippen LogP contribution >= 0.6 is 0 Å². The molecule has 0 unspecified atom stereocenters. The molecule has 2 aromatic heterocycles. The maximum atomic E-state index is 13.2. The van der Waals surface area contributed by atoms with E-state index in [-0.39, 0.29) is 11.5 Å². The fourth-order valence-electron chi connectivity index (χ4n) is 3.84. The standard InChI is InChI=1S/C24H25N5O2/c1-14-11-12-20(15(2)13-14)25-23(30)18(5)29-24(31)22-21(16(3)26-29)17(4)28(27-22)19-9-7-6-8-10-19/h6-13,18H,1-5H3,(H,25,30)/t18-/m1/s1. The molecule has 0 saturated carbocycles. The third kappa shape index (κ3) is 3.63. The van der Waals surface area contributed by atoms with Gasteiger partial charge in [-0.05, 0) is 58.4 Å². The van der Waals surface area contributed by atoms with Crippen LogP contribution in [-0.2, 0) is 4.79 Å². The summed E-state index contributed by atoms with van der Waals surface area (Å²) in [6.45, 7) is 9.35. The van der Waals surface area contributed by atoms with Gasteiger partial charge in [0.2, 0.25) is 5.91 Å². The van der Waals surface area contributed by atoms with E-state index in [1.165, 1.54) is 4.68 Å². The first-order valence-electron chi connectivity index (χ1n) is 10.2. The molecule has 2 heterocycles. The van der Waals surface area contributed by atoms with Gasteiger partial charge in [0.1, 0.15) is 6.04 Å². The summed E-state index contributed by atoms with van der Waals surface area (Å²) in [6, 6.07) is 14.6. The molecule has 1 N–H and O–H groups in total. The molecule has 0 saturated heterocycles. The molecule has 7 heteroatoms. The third-order valence-electron chi connectivity index (χ3n) is 5.53. The molecular formula is C24H25N5O2. The van der Waals surface area contributed by atoms with Crippen LogP contribution in [0.3, 0.4) is 0 Å². The largest absolute Gasteiger partial charge is 0.324 e. The van der Waals surface area contributed by atoms with Crippen LogP contribution in [0.4, 0.5) is 5.69 Å². The summed E-state index contributed by atoms with van der Waals surface area (Å²) >= 11 is 0. The molecule has 158 valence electrons. The Labute approximate surface area is 180 Å². The van der Waals surface area contributed by atoms with Gasteiger partial charge in [0, 0.05) is 5.69 Å². The molecular weight excluding hydrogens is 390 g/mol. The Bertz CT molecular complexity index is 1350. The van der Waals surface area contributed by atoms with Gasteiger partial charge in [-0.1, -0.05) is 35.9 Å². The number of benzene rings is 2. The summed E-state index contributed by atoms with van der Waals surface area (Å²) in [5, 5.41) is 12.6. The third-order valence-corrected chi connectivity index (χ3v) is 5.53. The van der Waals surface area contributed by atoms with Crippen molar-refractivity contribution in [1.82, 2.24) is 19.6 Å². The van der Waals surface area contributed by atoms with E-state index >= 15 is 0 Å². The highest BCUT2D eigenvalue weighted by atomic mass is 16.2. The summed E-state index contributed by atoms with van der Waals surface area (Å²) in [6.07, 6.45) is 0. The second kappa shape index (κ2) is 7.83. The van der Waals surface area contributed by atoms with Gasteiger partial charge >= 0.3 is 0 Å². The predicted molar refractivity (Wildman–Crippen MR) is 122 cm³/mol. The lowest BCUT2D eigenvalue weighted by molar-refractivity contribution is -0.119. The SMILES string of the molecule is Cc1ccc(NC(=O)[C@@H](C)n2nc(C)c3c(C)n(-c4ccccc4)nc3c2=O)c(C)c1. The molecule has 0 spiro atoms. The van der Waals surface area contributed by atoms with Gasteiger partial charge in [-0.3, -0.25) is 9.59 Å². The van der Waals surface area contributed by atoms with Gasteiger partial charge in [-0.25, -0.2) is 9.36 Å². The lowest BCUT2D eigenvalue weighted by Gasteiger charge is -2.16. The fraction of sp³-hybridized carbons (Fsp3) is 0.250. The normalized spacial score (nSPS) is 12.2. The number of hydrogen-bond donors (Lipinski definition) is 1. The number of nitrogens with zero attached hydrogens (tertiary/aromatic N) is 4. The first kappa shape index (κ1) is 20.5. The van der Waals surface area contributed by atoms with Gasteiger partial charge in [-0.2, -0.15) is 10.2 Å². The number of para-hydroxylation sites is 1. The van der Waals surface area contributed by atoms with Crippen LogP contribution in [0.1, 0.15) is 35.5 Å². The van der Waals surface area contributed by atoms with Gasteiger partial charge in [0.05, 0.1) is 22.5 Å². The van der Waals surface area contributed by atoms with Crippen molar-refractivity contribution in [3.63, 3.8) is 0 Å². The molecule has 0 aliphatic heterocycles. The Hall–Kier alpha value is -3.74. The number of carbonyl (C=O) groups excluding carboxylic acids is 1. The number of aromatic nitrogens is 4. The summed E-state index contributed by atoms with van der Waals surface area (Å²) < 4.78 is 2.96. The molecule has 2 aromatic carbocycles. The Morgan fingerprint density at radius 1 is 1.00 bits per heavy atom. The van der Waals surface area contributed by atoms with Crippen LogP contribution in [-0.4, -0.2) is 25.5 Å². The molecule has 1 atom stereocenters. The Morgan fingerprint density at radius 3 is 2.39 bits per heavy atom. The van der Waals surface area contributed by atoms with E-state index in [1.807, 2.05) is 76.2 Å². The highest BCUT2D eigenvalue weighted by Gasteiger charge is 2.23. The molecule has 0 bridgehead atoms. The first-order valence-corrected chi connectivity index (χ1v) is 10.2. The smallest absolute Gasteiger partial charge is 0.295 e. The van der Waals surface area contributed by atoms with Crippen LogP contribution in [0.2, 0.25) is 0 Å². The van der Waals surface area contributed by atoms with Gasteiger partial charge in [0.25, 0.3) is 5.56 Å². The summed E-state index contributed by atoms with van der Waals surface area (Å²) in [5.41, 5.74) is 5.07. The van der Waals surface area contributed by atoms with E-state index in [9.17, 15) is 9.59 Å². The van der Waals surface area contributed by atoms with Crippen LogP contribution in [0.25, 0.3) is 16.6 Å². The number of carbonyl (C=O) groups is 1. The van der Waals surface area contributed by atoms with Crippen LogP contribution < -0.4 is 10.9 Å². The Kier molecular flexibility index (Phi) is 5.19. The quantitative estimate of drug-likeness (QED) is 0.546. The summed E-state index contributed by atoms with van der Waals surface area (Å²) in [7, 11) is 0. The van der Waals surface area contributed by atoms with E-state index in [0.717, 1.165) is 28.2 Å². The molecule has 1 amide bonds. The zero-order valence-electron chi connectivity index (χ0n) is 18.3. The van der Waals surface area contributed by atoms with E-state index < -0.39 is 6.04 Å². The lowest BCUT2D eigenvalue weighted by atomic mass is 10.1. The topological polar surface area (TPSA) is 81.8 Å². The summed E-state index contributed by atoms with van der Waals surface area (Å²) in [4.78, 5) is 26.1. The van der Waals surface area contributed by atoms with Gasteiger partial charge in [-0.15, -0.1) is 0 Å². The van der Waals surface area contributed by atoms with Crippen molar-refractivity contribution in [2.24, 2.45) is 0 Å². The molecule has 0 aliphatic rings. The molecule has 4 aromatic rings. The van der Waals surface area contributed by atoms with Gasteiger partial charge < -0.3 is 5.32 Å². The first-order chi connectivity index (χ1) is 14.8. The minimum Gasteiger partial charge on any atom is -0.324 e. The molecule has 0 fully saturated rings. The Morgan fingerprint density at radius 2 is 1.71 bits per heavy atom. The molecule has 4 rings (SSSR count). The van der Waals surface area contributed by atoms with E-state index in [4.69, 9.17) is 0 Å². The molecule has 7 nitrogen and oxygen atoms in total. The lowest BCUT2D eigenvalue weighted by Crippen LogP contribution is -2.34. The maximum Gasteiger partial charge on any atom is 0.295 e. The van der Waals surface area contributed by atoms with Crippen molar-refractivity contribution >= 4 is 22.5 Å². The van der Waals surface area contributed by atoms with Crippen molar-refractivity contribution in [3.05, 3.63) is 81.4 Å². The van der Waals surface area contributed by atoms with E-state index in [2.05, 4.69) is 15.5 Å². The maximum absolute atomic E-state index is 13.2. The number of rotatable bonds is 4. The molecule has 0 radical (unpaired) electrons. The van der Waals surface area contributed by atoms with E-state index in [0.29, 0.717) is 16.6 Å². The number of anilines is 1. The zero-order chi connectivity index (χ0) is 22.3. The monoisotopic (exact) mass is 415 g/mol. The van der Waals surface area contributed by atoms with Crippen molar-refractivity contribution in [1.29, 1.82) is 0 Å². The van der Waals surface area contributed by atoms with Gasteiger partial charge in [0.15, 0.2) is 5.52 Å². The van der Waals surface area contributed by atoms with Crippen molar-refractivity contribution in [2.45, 2.75) is 40.7 Å². The number of fused-ring (bicyclic) bond motifs is 1. The average Bonchev–Trinajstić information content (AvgIpc) is 3.11. The highest BCUT2D eigenvalue weighted by molar-refractivity contribution is 5.94. The average molecular weight is 415 g/mol. The van der Waals surface area contributed by atoms with Crippen LogP contribution in [0.5, 0.6) is 0 Å². The Balaban J connectivity index is 1.75. The minimum atomic E-state index is -0.793. The van der Waals surface area contributed by atoms with Crippen LogP contribution in [0.15, 0.2) is 53.3 Å². The predicted octanol–water partition coefficient (Wildman–Crippen LogP) is 4.02. The van der Waals surface area contributed by atoms with Crippen molar-refractivity contribution in [3.8, 4) is 5.69 Å².